The van der Waals surface area contributed by atoms with Crippen LogP contribution in [0, 0.1) is 0 Å². The zero-order chi connectivity index (χ0) is 16.9. The summed E-state index contributed by atoms with van der Waals surface area (Å²) in [6.07, 6.45) is 5.60. The molecule has 0 radical (unpaired) electrons. The van der Waals surface area contributed by atoms with Gasteiger partial charge in [-0.2, -0.15) is 0 Å². The fraction of sp³-hybridized carbons (Fsp3) is 0.438. The molecule has 3 rings (SSSR count). The van der Waals surface area contributed by atoms with E-state index in [1.165, 1.54) is 0 Å². The molecule has 8 nitrogen and oxygen atoms in total. The summed E-state index contributed by atoms with van der Waals surface area (Å²) >= 11 is 0. The molecule has 1 saturated heterocycles. The maximum absolute atomic E-state index is 12.0. The van der Waals surface area contributed by atoms with E-state index in [1.54, 1.807) is 30.7 Å². The maximum atomic E-state index is 12.0. The van der Waals surface area contributed by atoms with E-state index in [4.69, 9.17) is 4.74 Å². The van der Waals surface area contributed by atoms with Crippen LogP contribution >= 0.6 is 0 Å². The fourth-order valence-corrected chi connectivity index (χ4v) is 2.63. The first kappa shape index (κ1) is 16.6. The number of nitrogens with zero attached hydrogens (tertiary/aromatic N) is 3. The van der Waals surface area contributed by atoms with Crippen molar-refractivity contribution in [2.45, 2.75) is 24.8 Å². The smallest absolute Gasteiger partial charge is 0.251 e. The Morgan fingerprint density at radius 1 is 1.42 bits per heavy atom. The predicted molar refractivity (Wildman–Crippen MR) is 86.2 cm³/mol. The molecule has 0 aliphatic carbocycles. The van der Waals surface area contributed by atoms with Gasteiger partial charge in [0.25, 0.3) is 5.91 Å². The highest BCUT2D eigenvalue weighted by atomic mass is 16.5. The first-order chi connectivity index (χ1) is 11.6. The van der Waals surface area contributed by atoms with E-state index in [0.29, 0.717) is 18.7 Å². The highest BCUT2D eigenvalue weighted by molar-refractivity contribution is 5.93. The Hall–Kier alpha value is -2.29. The molecule has 1 aliphatic heterocycles. The molecule has 1 aliphatic rings. The van der Waals surface area contributed by atoms with Gasteiger partial charge in [-0.3, -0.25) is 9.78 Å². The minimum Gasteiger partial charge on any atom is -0.389 e. The van der Waals surface area contributed by atoms with Gasteiger partial charge in [0.2, 0.25) is 0 Å². The quantitative estimate of drug-likeness (QED) is 0.657. The van der Waals surface area contributed by atoms with E-state index in [0.717, 1.165) is 5.82 Å². The summed E-state index contributed by atoms with van der Waals surface area (Å²) in [6.45, 7) is 1.19. The standard InChI is InChI=1S/C16H21N5O3/c1-21-7-6-18-14(21)9-19-12-10-24-13(15(12)22)8-20-16(23)11-2-4-17-5-3-11/h2-7,12-13,15,19,22H,8-10H2,1H3,(H,20,23). The Labute approximate surface area is 139 Å². The Morgan fingerprint density at radius 3 is 2.92 bits per heavy atom. The average molecular weight is 331 g/mol. The molecule has 3 N–H and O–H groups in total. The number of aryl methyl sites for hydroxylation is 1. The molecule has 0 bridgehead atoms. The van der Waals surface area contributed by atoms with E-state index in [2.05, 4.69) is 20.6 Å². The molecule has 2 aromatic heterocycles. The summed E-state index contributed by atoms with van der Waals surface area (Å²) in [4.78, 5) is 20.1. The highest BCUT2D eigenvalue weighted by Gasteiger charge is 2.35. The maximum Gasteiger partial charge on any atom is 0.251 e. The van der Waals surface area contributed by atoms with Crippen molar-refractivity contribution in [2.75, 3.05) is 13.2 Å². The largest absolute Gasteiger partial charge is 0.389 e. The van der Waals surface area contributed by atoms with Crippen LogP contribution in [0.3, 0.4) is 0 Å². The van der Waals surface area contributed by atoms with Gasteiger partial charge in [-0.1, -0.05) is 0 Å². The molecule has 1 amide bonds. The summed E-state index contributed by atoms with van der Waals surface area (Å²) in [5, 5.41) is 16.4. The van der Waals surface area contributed by atoms with Crippen molar-refractivity contribution in [1.82, 2.24) is 25.2 Å². The number of pyridine rings is 1. The van der Waals surface area contributed by atoms with Crippen LogP contribution in [0.25, 0.3) is 0 Å². The van der Waals surface area contributed by atoms with E-state index in [-0.39, 0.29) is 18.5 Å². The van der Waals surface area contributed by atoms with Crippen LogP contribution in [0.15, 0.2) is 36.9 Å². The van der Waals surface area contributed by atoms with Crippen LogP contribution < -0.4 is 10.6 Å². The van der Waals surface area contributed by atoms with Crippen molar-refractivity contribution in [2.24, 2.45) is 7.05 Å². The van der Waals surface area contributed by atoms with Gasteiger partial charge in [-0.15, -0.1) is 0 Å². The minimum absolute atomic E-state index is 0.190. The molecule has 0 spiro atoms. The Morgan fingerprint density at radius 2 is 2.21 bits per heavy atom. The number of imidazole rings is 1. The lowest BCUT2D eigenvalue weighted by Gasteiger charge is -2.18. The summed E-state index contributed by atoms with van der Waals surface area (Å²) in [7, 11) is 1.92. The minimum atomic E-state index is -0.692. The Bertz CT molecular complexity index is 675. The normalized spacial score (nSPS) is 23.3. The molecule has 0 saturated carbocycles. The fourth-order valence-electron chi connectivity index (χ4n) is 2.63. The van der Waals surface area contributed by atoms with Crippen LogP contribution in [-0.2, 0) is 18.3 Å². The number of rotatable bonds is 6. The van der Waals surface area contributed by atoms with Gasteiger partial charge in [0.05, 0.1) is 25.3 Å². The molecule has 24 heavy (non-hydrogen) atoms. The van der Waals surface area contributed by atoms with E-state index in [9.17, 15) is 9.90 Å². The summed E-state index contributed by atoms with van der Waals surface area (Å²) in [5.41, 5.74) is 0.530. The zero-order valence-electron chi connectivity index (χ0n) is 13.4. The van der Waals surface area contributed by atoms with Crippen molar-refractivity contribution in [3.63, 3.8) is 0 Å². The SMILES string of the molecule is Cn1ccnc1CNC1COC(CNC(=O)c2ccncc2)C1O. The number of aromatic nitrogens is 3. The van der Waals surface area contributed by atoms with Crippen molar-refractivity contribution >= 4 is 5.91 Å². The van der Waals surface area contributed by atoms with Gasteiger partial charge in [-0.05, 0) is 12.1 Å². The lowest BCUT2D eigenvalue weighted by molar-refractivity contribution is 0.0398. The second kappa shape index (κ2) is 7.52. The lowest BCUT2D eigenvalue weighted by atomic mass is 10.1. The summed E-state index contributed by atoms with van der Waals surface area (Å²) in [6, 6.07) is 3.08. The van der Waals surface area contributed by atoms with Gasteiger partial charge in [0.1, 0.15) is 11.9 Å². The van der Waals surface area contributed by atoms with Crippen LogP contribution in [0.4, 0.5) is 0 Å². The first-order valence-corrected chi connectivity index (χ1v) is 7.82. The molecule has 8 heteroatoms. The Balaban J connectivity index is 1.46. The van der Waals surface area contributed by atoms with Gasteiger partial charge >= 0.3 is 0 Å². The van der Waals surface area contributed by atoms with Crippen molar-refractivity contribution in [3.8, 4) is 0 Å². The molecule has 128 valence electrons. The van der Waals surface area contributed by atoms with Gasteiger partial charge < -0.3 is 25.0 Å². The zero-order valence-corrected chi connectivity index (χ0v) is 13.4. The van der Waals surface area contributed by atoms with E-state index in [1.807, 2.05) is 17.8 Å². The topological polar surface area (TPSA) is 101 Å². The van der Waals surface area contributed by atoms with Gasteiger partial charge in [0, 0.05) is 43.9 Å². The number of hydrogen-bond acceptors (Lipinski definition) is 6. The second-order valence-corrected chi connectivity index (χ2v) is 5.75. The molecule has 3 unspecified atom stereocenters. The highest BCUT2D eigenvalue weighted by Crippen LogP contribution is 2.14. The Kier molecular flexibility index (Phi) is 5.19. The van der Waals surface area contributed by atoms with Gasteiger partial charge in [0.15, 0.2) is 0 Å². The third-order valence-corrected chi connectivity index (χ3v) is 4.13. The molecular weight excluding hydrogens is 310 g/mol. The number of carbonyl (C=O) groups is 1. The molecule has 1 fully saturated rings. The van der Waals surface area contributed by atoms with Gasteiger partial charge in [-0.25, -0.2) is 4.98 Å². The summed E-state index contributed by atoms with van der Waals surface area (Å²) in [5.74, 6) is 0.675. The third kappa shape index (κ3) is 3.78. The number of hydrogen-bond donors (Lipinski definition) is 3. The molecule has 0 aromatic carbocycles. The average Bonchev–Trinajstić information content (AvgIpc) is 3.17. The summed E-state index contributed by atoms with van der Waals surface area (Å²) < 4.78 is 7.52. The number of carbonyl (C=O) groups excluding carboxylic acids is 1. The first-order valence-electron chi connectivity index (χ1n) is 7.82. The predicted octanol–water partition coefficient (Wildman–Crippen LogP) is -0.537. The van der Waals surface area contributed by atoms with Crippen LogP contribution in [0.2, 0.25) is 0 Å². The number of amides is 1. The number of aliphatic hydroxyl groups excluding tert-OH is 1. The number of nitrogens with one attached hydrogen (secondary N) is 2. The molecule has 2 aromatic rings. The lowest BCUT2D eigenvalue weighted by Crippen LogP contribution is -2.44. The number of ether oxygens (including phenoxy) is 1. The monoisotopic (exact) mass is 331 g/mol. The van der Waals surface area contributed by atoms with Crippen molar-refractivity contribution < 1.29 is 14.6 Å². The van der Waals surface area contributed by atoms with Crippen molar-refractivity contribution in [3.05, 3.63) is 48.3 Å². The van der Waals surface area contributed by atoms with E-state index >= 15 is 0 Å². The molecule has 3 heterocycles. The third-order valence-electron chi connectivity index (χ3n) is 4.13. The van der Waals surface area contributed by atoms with Crippen LogP contribution in [0.5, 0.6) is 0 Å². The number of aliphatic hydroxyl groups is 1. The molecule has 3 atom stereocenters. The van der Waals surface area contributed by atoms with Crippen LogP contribution in [0.1, 0.15) is 16.2 Å². The van der Waals surface area contributed by atoms with E-state index < -0.39 is 12.2 Å². The van der Waals surface area contributed by atoms with Crippen LogP contribution in [-0.4, -0.2) is 57.0 Å². The molecular formula is C16H21N5O3. The van der Waals surface area contributed by atoms with Crippen molar-refractivity contribution in [1.29, 1.82) is 0 Å². The second-order valence-electron chi connectivity index (χ2n) is 5.75.